The lowest BCUT2D eigenvalue weighted by Crippen LogP contribution is -1.49. The fourth-order valence-corrected chi connectivity index (χ4v) is 0. The molecule has 0 aliphatic heterocycles. The van der Waals surface area contributed by atoms with E-state index < -0.39 is 0 Å². The zero-order valence-electron chi connectivity index (χ0n) is 6.26. The maximum Gasteiger partial charge on any atom is 0.290 e. The van der Waals surface area contributed by atoms with Gasteiger partial charge in [-0.25, -0.2) is 0 Å². The summed E-state index contributed by atoms with van der Waals surface area (Å²) in [7, 11) is 1.00. The normalized spacial score (nSPS) is 3.45. The second kappa shape index (κ2) is 237. The molecule has 0 unspecified atom stereocenters. The van der Waals surface area contributed by atoms with E-state index in [1.165, 1.54) is 6.92 Å². The van der Waals surface area contributed by atoms with Crippen LogP contribution in [0.4, 0.5) is 0 Å². The molecule has 6 nitrogen and oxygen atoms in total. The summed E-state index contributed by atoms with van der Waals surface area (Å²) in [6, 6.07) is 1.75. The van der Waals surface area contributed by atoms with Crippen molar-refractivity contribution in [1.29, 1.82) is 5.26 Å². The highest BCUT2D eigenvalue weighted by atomic mass is 16.3. The quantitative estimate of drug-likeness (QED) is 0.418. The standard InChI is InChI=1S/C2H3N.2CH2O2.CH4O/c1-2-3;2*2-1-3;1-2/h1H3;2*1H,(H,2,3);2H,1H3. The van der Waals surface area contributed by atoms with E-state index in [0.717, 1.165) is 7.11 Å². The fraction of sp³-hybridized carbons (Fsp3) is 0.400. The number of carboxylic acid groups (broad SMARTS) is 2. The van der Waals surface area contributed by atoms with Crippen LogP contribution in [0.3, 0.4) is 0 Å². The molecule has 0 atom stereocenters. The van der Waals surface area contributed by atoms with Crippen LogP contribution in [-0.2, 0) is 9.59 Å². The molecule has 0 aromatic heterocycles. The molecule has 0 spiro atoms. The number of carbonyl (C=O) groups is 2. The zero-order chi connectivity index (χ0) is 10.1. The third kappa shape index (κ3) is 132. The molecule has 0 amide bonds. The Balaban J connectivity index is -0.0000000301. The highest BCUT2D eigenvalue weighted by Gasteiger charge is 1.22. The van der Waals surface area contributed by atoms with Crippen molar-refractivity contribution in [3.8, 4) is 6.07 Å². The summed E-state index contributed by atoms with van der Waals surface area (Å²) in [4.78, 5) is 16.7. The van der Waals surface area contributed by atoms with Crippen molar-refractivity contribution in [2.24, 2.45) is 0 Å². The highest BCUT2D eigenvalue weighted by molar-refractivity contribution is 5.32. The Morgan fingerprint density at radius 3 is 1.18 bits per heavy atom. The average Bonchev–Trinajstić information content (AvgIpc) is 1.96. The monoisotopic (exact) mass is 165 g/mol. The van der Waals surface area contributed by atoms with E-state index in [-0.39, 0.29) is 12.9 Å². The number of nitrogens with zero attached hydrogens (tertiary/aromatic N) is 1. The van der Waals surface area contributed by atoms with Crippen LogP contribution in [0.1, 0.15) is 6.92 Å². The average molecular weight is 165 g/mol. The largest absolute Gasteiger partial charge is 0.483 e. The van der Waals surface area contributed by atoms with Crippen LogP contribution in [0, 0.1) is 11.3 Å². The first kappa shape index (κ1) is 22.8. The van der Waals surface area contributed by atoms with Gasteiger partial charge in [-0.2, -0.15) is 5.26 Å². The molecule has 6 heteroatoms. The van der Waals surface area contributed by atoms with Crippen LogP contribution in [0.15, 0.2) is 0 Å². The molecular weight excluding hydrogens is 154 g/mol. The van der Waals surface area contributed by atoms with Gasteiger partial charge in [0.2, 0.25) is 0 Å². The maximum absolute atomic E-state index is 8.36. The second-order valence-electron chi connectivity index (χ2n) is 0.434. The Bertz CT molecular complexity index is 81.4. The third-order valence-electron chi connectivity index (χ3n) is 0. The van der Waals surface area contributed by atoms with Gasteiger partial charge in [0.05, 0.1) is 6.07 Å². The Morgan fingerprint density at radius 1 is 1.18 bits per heavy atom. The molecule has 66 valence electrons. The van der Waals surface area contributed by atoms with Crippen LogP contribution in [0.5, 0.6) is 0 Å². The van der Waals surface area contributed by atoms with Crippen molar-refractivity contribution in [1.82, 2.24) is 0 Å². The lowest BCUT2D eigenvalue weighted by Gasteiger charge is -1.34. The molecule has 0 bridgehead atoms. The summed E-state index contributed by atoms with van der Waals surface area (Å²) in [5, 5.41) is 28.1. The van der Waals surface area contributed by atoms with Crippen LogP contribution in [0.2, 0.25) is 0 Å². The number of hydrogen-bond donors (Lipinski definition) is 3. The molecule has 0 aliphatic carbocycles. The number of nitriles is 1. The van der Waals surface area contributed by atoms with Crippen LogP contribution in [0.25, 0.3) is 0 Å². The van der Waals surface area contributed by atoms with Crippen LogP contribution < -0.4 is 0 Å². The zero-order valence-corrected chi connectivity index (χ0v) is 6.26. The Kier molecular flexibility index (Phi) is 491. The number of hydrogen-bond acceptors (Lipinski definition) is 4. The SMILES string of the molecule is CC#N.CO.O=CO.O=CO. The topological polar surface area (TPSA) is 119 Å². The molecule has 0 saturated carbocycles. The van der Waals surface area contributed by atoms with Gasteiger partial charge >= 0.3 is 0 Å². The first-order chi connectivity index (χ1) is 5.24. The molecule has 11 heavy (non-hydrogen) atoms. The predicted molar refractivity (Wildman–Crippen MR) is 36.8 cm³/mol. The first-order valence-corrected chi connectivity index (χ1v) is 2.16. The van der Waals surface area contributed by atoms with Crippen molar-refractivity contribution in [3.63, 3.8) is 0 Å². The highest BCUT2D eigenvalue weighted by Crippen LogP contribution is 1.21. The van der Waals surface area contributed by atoms with Gasteiger partial charge in [-0.15, -0.1) is 0 Å². The van der Waals surface area contributed by atoms with E-state index in [1.54, 1.807) is 6.07 Å². The minimum Gasteiger partial charge on any atom is -0.483 e. The van der Waals surface area contributed by atoms with Gasteiger partial charge in [-0.3, -0.25) is 9.59 Å². The van der Waals surface area contributed by atoms with E-state index in [2.05, 4.69) is 0 Å². The van der Waals surface area contributed by atoms with Crippen molar-refractivity contribution < 1.29 is 24.9 Å². The van der Waals surface area contributed by atoms with E-state index in [0.29, 0.717) is 0 Å². The minimum absolute atomic E-state index is 0.250. The van der Waals surface area contributed by atoms with E-state index in [9.17, 15) is 0 Å². The third-order valence-corrected chi connectivity index (χ3v) is 0. The van der Waals surface area contributed by atoms with Gasteiger partial charge in [0, 0.05) is 14.0 Å². The Morgan fingerprint density at radius 2 is 1.18 bits per heavy atom. The van der Waals surface area contributed by atoms with Gasteiger partial charge in [0.15, 0.2) is 0 Å². The van der Waals surface area contributed by atoms with Crippen molar-refractivity contribution in [2.75, 3.05) is 7.11 Å². The molecule has 0 aromatic rings. The van der Waals surface area contributed by atoms with Gasteiger partial charge in [-0.1, -0.05) is 0 Å². The summed E-state index contributed by atoms with van der Waals surface area (Å²) in [5.41, 5.74) is 0. The molecule has 0 radical (unpaired) electrons. The Labute approximate surface area is 64.3 Å². The predicted octanol–water partition coefficient (Wildman–Crippen LogP) is -0.460. The van der Waals surface area contributed by atoms with E-state index in [1.807, 2.05) is 0 Å². The summed E-state index contributed by atoms with van der Waals surface area (Å²) >= 11 is 0. The number of aliphatic hydroxyl groups is 1. The summed E-state index contributed by atoms with van der Waals surface area (Å²) in [6.07, 6.45) is 0. The van der Waals surface area contributed by atoms with Crippen LogP contribution >= 0.6 is 0 Å². The summed E-state index contributed by atoms with van der Waals surface area (Å²) < 4.78 is 0. The van der Waals surface area contributed by atoms with Crippen molar-refractivity contribution in [2.45, 2.75) is 6.92 Å². The number of aliphatic hydroxyl groups excluding tert-OH is 1. The van der Waals surface area contributed by atoms with Crippen molar-refractivity contribution >= 4 is 12.9 Å². The molecule has 0 aliphatic rings. The molecule has 0 rings (SSSR count). The molecule has 0 heterocycles. The molecule has 0 saturated heterocycles. The lowest BCUT2D eigenvalue weighted by molar-refractivity contribution is -0.123. The van der Waals surface area contributed by atoms with Gasteiger partial charge in [-0.05, 0) is 0 Å². The molecular formula is C5H11NO5. The minimum atomic E-state index is -0.250. The van der Waals surface area contributed by atoms with Gasteiger partial charge in [0.1, 0.15) is 0 Å². The number of rotatable bonds is 0. The maximum atomic E-state index is 8.36. The second-order valence-corrected chi connectivity index (χ2v) is 0.434. The van der Waals surface area contributed by atoms with E-state index >= 15 is 0 Å². The summed E-state index contributed by atoms with van der Waals surface area (Å²) in [5.74, 6) is 0. The lowest BCUT2D eigenvalue weighted by atomic mass is 11.0. The fourth-order valence-electron chi connectivity index (χ4n) is 0. The molecule has 0 fully saturated rings. The summed E-state index contributed by atoms with van der Waals surface area (Å²) in [6.45, 7) is 0.931. The Hall–Kier alpha value is -1.61. The molecule has 0 aromatic carbocycles. The molecule has 3 N–H and O–H groups in total. The van der Waals surface area contributed by atoms with Crippen molar-refractivity contribution in [3.05, 3.63) is 0 Å². The van der Waals surface area contributed by atoms with E-state index in [4.69, 9.17) is 30.2 Å². The van der Waals surface area contributed by atoms with Gasteiger partial charge in [0.25, 0.3) is 12.9 Å². The first-order valence-electron chi connectivity index (χ1n) is 2.16. The van der Waals surface area contributed by atoms with Gasteiger partial charge < -0.3 is 15.3 Å². The smallest absolute Gasteiger partial charge is 0.290 e. The van der Waals surface area contributed by atoms with Crippen LogP contribution in [-0.4, -0.2) is 35.4 Å².